The maximum Gasteiger partial charge on any atom is 0.360 e. The molecule has 0 bridgehead atoms. The van der Waals surface area contributed by atoms with Crippen molar-refractivity contribution in [2.45, 2.75) is 58.6 Å². The molecule has 0 spiro atoms. The van der Waals surface area contributed by atoms with Gasteiger partial charge in [0.2, 0.25) is 0 Å². The molecule has 1 amide bonds. The molecule has 32 heavy (non-hydrogen) atoms. The lowest BCUT2D eigenvalue weighted by molar-refractivity contribution is 0.0490. The van der Waals surface area contributed by atoms with Gasteiger partial charge in [-0.2, -0.15) is 4.98 Å². The number of methoxy groups -OCH3 is 1. The lowest BCUT2D eigenvalue weighted by Crippen LogP contribution is -2.55. The van der Waals surface area contributed by atoms with E-state index >= 15 is 0 Å². The molecule has 1 aliphatic heterocycles. The Morgan fingerprint density at radius 2 is 2.12 bits per heavy atom. The van der Waals surface area contributed by atoms with E-state index in [4.69, 9.17) is 25.5 Å². The Labute approximate surface area is 192 Å². The minimum atomic E-state index is -0.486. The number of imidazole rings is 1. The quantitative estimate of drug-likeness (QED) is 0.426. The van der Waals surface area contributed by atoms with Gasteiger partial charge in [-0.3, -0.25) is 4.79 Å². The predicted octanol–water partition coefficient (Wildman–Crippen LogP) is 2.90. The number of aryl methyl sites for hydroxylation is 2. The van der Waals surface area contributed by atoms with Gasteiger partial charge in [0.05, 0.1) is 31.0 Å². The monoisotopic (exact) mass is 467 g/mol. The summed E-state index contributed by atoms with van der Waals surface area (Å²) < 4.78 is 16.6. The van der Waals surface area contributed by atoms with Crippen molar-refractivity contribution in [3.63, 3.8) is 0 Å². The van der Waals surface area contributed by atoms with E-state index in [-0.39, 0.29) is 29.6 Å². The number of unbranched alkanes of at least 4 members (excludes halogenated alkanes) is 1. The molecule has 0 radical (unpaired) electrons. The van der Waals surface area contributed by atoms with E-state index in [0.717, 1.165) is 18.5 Å². The molecule has 0 aromatic carbocycles. The van der Waals surface area contributed by atoms with Crippen molar-refractivity contribution in [2.24, 2.45) is 0 Å². The number of aromatic nitrogens is 3. The zero-order valence-electron chi connectivity index (χ0n) is 18.9. The smallest absolute Gasteiger partial charge is 0.360 e. The number of piperidine rings is 1. The average molecular weight is 468 g/mol. The number of halogens is 1. The number of esters is 1. The fourth-order valence-electron chi connectivity index (χ4n) is 3.55. The van der Waals surface area contributed by atoms with E-state index in [1.54, 1.807) is 14.0 Å². The first kappa shape index (κ1) is 24.1. The van der Waals surface area contributed by atoms with Crippen LogP contribution in [0.3, 0.4) is 0 Å². The second-order valence-corrected chi connectivity index (χ2v) is 8.05. The first-order valence-electron chi connectivity index (χ1n) is 10.8. The largest absolute Gasteiger partial charge is 0.461 e. The Bertz CT molecular complexity index is 943. The van der Waals surface area contributed by atoms with E-state index in [0.29, 0.717) is 49.5 Å². The van der Waals surface area contributed by atoms with Gasteiger partial charge in [0.25, 0.3) is 11.9 Å². The predicted molar refractivity (Wildman–Crippen MR) is 118 cm³/mol. The van der Waals surface area contributed by atoms with Crippen LogP contribution in [0.1, 0.15) is 65.7 Å². The highest BCUT2D eigenvalue weighted by Crippen LogP contribution is 2.24. The zero-order chi connectivity index (χ0) is 23.3. The van der Waals surface area contributed by atoms with Crippen LogP contribution in [0, 0.1) is 6.92 Å². The van der Waals surface area contributed by atoms with Crippen molar-refractivity contribution in [3.8, 4) is 0 Å². The second-order valence-electron chi connectivity index (χ2n) is 7.69. The summed E-state index contributed by atoms with van der Waals surface area (Å²) in [5.41, 5.74) is 0.903. The molecule has 2 atom stereocenters. The number of nitrogens with one attached hydrogen (secondary N) is 2. The van der Waals surface area contributed by atoms with Gasteiger partial charge in [-0.1, -0.05) is 31.9 Å². The minimum Gasteiger partial charge on any atom is -0.461 e. The summed E-state index contributed by atoms with van der Waals surface area (Å²) in [6.45, 7) is 7.00. The van der Waals surface area contributed by atoms with Crippen LogP contribution in [0.2, 0.25) is 5.15 Å². The number of rotatable bonds is 9. The summed E-state index contributed by atoms with van der Waals surface area (Å²) >= 11 is 6.04. The van der Waals surface area contributed by atoms with Gasteiger partial charge < -0.3 is 29.1 Å². The number of aromatic amines is 1. The van der Waals surface area contributed by atoms with Crippen molar-refractivity contribution in [1.29, 1.82) is 0 Å². The van der Waals surface area contributed by atoms with Gasteiger partial charge in [0, 0.05) is 13.7 Å². The van der Waals surface area contributed by atoms with Crippen molar-refractivity contribution < 1.29 is 23.5 Å². The number of ether oxygens (including phenoxy) is 2. The molecule has 3 heterocycles. The third kappa shape index (κ3) is 5.42. The molecule has 1 fully saturated rings. The molecule has 1 aliphatic rings. The number of H-pyrrole nitrogens is 1. The number of oxazole rings is 1. The third-order valence-corrected chi connectivity index (χ3v) is 5.77. The third-order valence-electron chi connectivity index (χ3n) is 5.46. The van der Waals surface area contributed by atoms with Gasteiger partial charge in [-0.25, -0.2) is 9.78 Å². The highest BCUT2D eigenvalue weighted by molar-refractivity contribution is 6.30. The molecule has 0 saturated carbocycles. The molecular formula is C21H30ClN5O5. The van der Waals surface area contributed by atoms with E-state index < -0.39 is 5.97 Å². The molecule has 3 rings (SSSR count). The first-order chi connectivity index (χ1) is 15.4. The van der Waals surface area contributed by atoms with Gasteiger partial charge in [-0.15, -0.1) is 0 Å². The zero-order valence-corrected chi connectivity index (χ0v) is 19.6. The van der Waals surface area contributed by atoms with Crippen molar-refractivity contribution in [2.75, 3.05) is 31.7 Å². The van der Waals surface area contributed by atoms with Crippen LogP contribution in [-0.4, -0.2) is 65.8 Å². The summed E-state index contributed by atoms with van der Waals surface area (Å²) in [5.74, 6) is -0.234. The van der Waals surface area contributed by atoms with Gasteiger partial charge in [0.1, 0.15) is 5.76 Å². The number of nitrogens with zero attached hydrogens (tertiary/aromatic N) is 3. The Hall–Kier alpha value is -2.59. The van der Waals surface area contributed by atoms with Crippen LogP contribution in [-0.2, 0) is 15.9 Å². The van der Waals surface area contributed by atoms with Crippen LogP contribution < -0.4 is 10.2 Å². The Morgan fingerprint density at radius 1 is 1.34 bits per heavy atom. The number of amides is 1. The minimum absolute atomic E-state index is 0.179. The van der Waals surface area contributed by atoms with Crippen molar-refractivity contribution in [1.82, 2.24) is 20.3 Å². The Kier molecular flexibility index (Phi) is 8.14. The Balaban J connectivity index is 1.63. The van der Waals surface area contributed by atoms with Crippen LogP contribution in [0.5, 0.6) is 0 Å². The van der Waals surface area contributed by atoms with E-state index in [9.17, 15) is 9.59 Å². The molecular weight excluding hydrogens is 438 g/mol. The standard InChI is InChI=1S/C21H30ClN5O5/c1-5-7-10-31-20(29)16-12(3)32-21(25-16)27-9-8-14(15(11-27)30-4)24-19(28)18-23-13(6-2)17(22)26-18/h14-15H,5-11H2,1-4H3,(H,23,26)(H,24,28). The normalized spacial score (nSPS) is 18.6. The number of hydrogen-bond acceptors (Lipinski definition) is 8. The topological polar surface area (TPSA) is 123 Å². The lowest BCUT2D eigenvalue weighted by atomic mass is 10.0. The highest BCUT2D eigenvalue weighted by atomic mass is 35.5. The highest BCUT2D eigenvalue weighted by Gasteiger charge is 2.34. The fraction of sp³-hybridized carbons (Fsp3) is 0.619. The number of carbonyl (C=O) groups excluding carboxylic acids is 2. The summed E-state index contributed by atoms with van der Waals surface area (Å²) in [5, 5.41) is 3.27. The number of anilines is 1. The maximum absolute atomic E-state index is 12.6. The molecule has 10 nitrogen and oxygen atoms in total. The van der Waals surface area contributed by atoms with Crippen molar-refractivity contribution in [3.05, 3.63) is 28.1 Å². The van der Waals surface area contributed by atoms with Crippen LogP contribution in [0.25, 0.3) is 0 Å². The molecule has 176 valence electrons. The van der Waals surface area contributed by atoms with E-state index in [2.05, 4.69) is 20.3 Å². The number of hydrogen-bond donors (Lipinski definition) is 2. The summed E-state index contributed by atoms with van der Waals surface area (Å²) in [4.78, 5) is 38.2. The fourth-order valence-corrected chi connectivity index (χ4v) is 3.81. The van der Waals surface area contributed by atoms with Crippen LogP contribution >= 0.6 is 11.6 Å². The SMILES string of the molecule is CCCCOC(=O)c1nc(N2CCC(NC(=O)c3nc(Cl)c(CC)[nH]3)C(OC)C2)oc1C. The number of carbonyl (C=O) groups is 2. The van der Waals surface area contributed by atoms with E-state index in [1.165, 1.54) is 0 Å². The maximum atomic E-state index is 12.6. The molecule has 2 N–H and O–H groups in total. The van der Waals surface area contributed by atoms with Crippen molar-refractivity contribution >= 4 is 29.5 Å². The van der Waals surface area contributed by atoms with Gasteiger partial charge in [0.15, 0.2) is 16.7 Å². The Morgan fingerprint density at radius 3 is 2.78 bits per heavy atom. The lowest BCUT2D eigenvalue weighted by Gasteiger charge is -2.37. The molecule has 11 heteroatoms. The second kappa shape index (κ2) is 10.8. The summed E-state index contributed by atoms with van der Waals surface area (Å²) in [6, 6.07) is 0.106. The average Bonchev–Trinajstić information content (AvgIpc) is 3.36. The molecule has 2 aromatic rings. The summed E-state index contributed by atoms with van der Waals surface area (Å²) in [7, 11) is 1.59. The van der Waals surface area contributed by atoms with E-state index in [1.807, 2.05) is 18.7 Å². The van der Waals surface area contributed by atoms with Gasteiger partial charge >= 0.3 is 5.97 Å². The van der Waals surface area contributed by atoms with Crippen LogP contribution in [0.4, 0.5) is 6.01 Å². The first-order valence-corrected chi connectivity index (χ1v) is 11.2. The molecule has 1 saturated heterocycles. The molecule has 2 unspecified atom stereocenters. The van der Waals surface area contributed by atoms with Crippen LogP contribution in [0.15, 0.2) is 4.42 Å². The molecule has 2 aromatic heterocycles. The summed E-state index contributed by atoms with van der Waals surface area (Å²) in [6.07, 6.45) is 2.68. The van der Waals surface area contributed by atoms with Gasteiger partial charge in [-0.05, 0) is 26.2 Å². The molecule has 0 aliphatic carbocycles.